The van der Waals surface area contributed by atoms with Crippen LogP contribution in [0.3, 0.4) is 0 Å². The van der Waals surface area contributed by atoms with Crippen molar-refractivity contribution >= 4 is 23.2 Å². The summed E-state index contributed by atoms with van der Waals surface area (Å²) in [5.41, 5.74) is 7.01. The molecule has 0 aliphatic carbocycles. The van der Waals surface area contributed by atoms with Gasteiger partial charge < -0.3 is 10.5 Å². The van der Waals surface area contributed by atoms with Crippen molar-refractivity contribution in [1.29, 1.82) is 0 Å². The molecule has 20 heavy (non-hydrogen) atoms. The zero-order valence-electron chi connectivity index (χ0n) is 11.8. The minimum Gasteiger partial charge on any atom is -0.384 e. The normalized spacial score (nSPS) is 19.2. The van der Waals surface area contributed by atoms with Gasteiger partial charge in [0.15, 0.2) is 0 Å². The van der Waals surface area contributed by atoms with Gasteiger partial charge in [0.05, 0.1) is 0 Å². The van der Waals surface area contributed by atoms with E-state index in [1.54, 1.807) is 7.11 Å². The lowest BCUT2D eigenvalue weighted by Gasteiger charge is -2.37. The van der Waals surface area contributed by atoms with Gasteiger partial charge in [0.1, 0.15) is 0 Å². The number of nitrogens with zero attached hydrogens (tertiary/aromatic N) is 1. The van der Waals surface area contributed by atoms with Crippen LogP contribution in [0, 0.1) is 5.92 Å². The summed E-state index contributed by atoms with van der Waals surface area (Å²) in [5, 5.41) is 1.45. The Hall–Kier alpha value is -0.320. The Morgan fingerprint density at radius 1 is 1.35 bits per heavy atom. The summed E-state index contributed by atoms with van der Waals surface area (Å²) >= 11 is 12.4. The summed E-state index contributed by atoms with van der Waals surface area (Å²) in [6.07, 6.45) is 2.28. The number of nitrogens with two attached hydrogens (primary N) is 1. The average molecular weight is 317 g/mol. The number of hydrogen-bond acceptors (Lipinski definition) is 3. The van der Waals surface area contributed by atoms with Gasteiger partial charge in [-0.3, -0.25) is 4.90 Å². The van der Waals surface area contributed by atoms with Crippen molar-refractivity contribution in [3.05, 3.63) is 33.8 Å². The van der Waals surface area contributed by atoms with E-state index in [9.17, 15) is 0 Å². The molecule has 0 amide bonds. The van der Waals surface area contributed by atoms with Crippen LogP contribution < -0.4 is 5.73 Å². The third kappa shape index (κ3) is 3.86. The Morgan fingerprint density at radius 2 is 2.05 bits per heavy atom. The molecule has 1 unspecified atom stereocenters. The molecule has 112 valence electrons. The van der Waals surface area contributed by atoms with E-state index >= 15 is 0 Å². The van der Waals surface area contributed by atoms with Gasteiger partial charge in [-0.05, 0) is 55.6 Å². The number of methoxy groups -OCH3 is 1. The van der Waals surface area contributed by atoms with E-state index in [0.29, 0.717) is 17.5 Å². The Morgan fingerprint density at radius 3 is 2.65 bits per heavy atom. The predicted octanol–water partition coefficient (Wildman–Crippen LogP) is 3.35. The molecule has 0 aromatic heterocycles. The minimum atomic E-state index is 0.143. The molecule has 1 aliphatic rings. The average Bonchev–Trinajstić information content (AvgIpc) is 2.45. The second-order valence-corrected chi connectivity index (χ2v) is 6.20. The topological polar surface area (TPSA) is 38.5 Å². The number of rotatable bonds is 5. The van der Waals surface area contributed by atoms with Crippen LogP contribution in [0.15, 0.2) is 18.2 Å². The van der Waals surface area contributed by atoms with Gasteiger partial charge in [-0.2, -0.15) is 0 Å². The molecule has 1 aromatic rings. The molecule has 1 atom stereocenters. The van der Waals surface area contributed by atoms with Gasteiger partial charge in [-0.25, -0.2) is 0 Å². The lowest BCUT2D eigenvalue weighted by Crippen LogP contribution is -2.40. The summed E-state index contributed by atoms with van der Waals surface area (Å²) in [6, 6.07) is 5.73. The first-order chi connectivity index (χ1) is 9.65. The second kappa shape index (κ2) is 7.62. The molecule has 1 fully saturated rings. The minimum absolute atomic E-state index is 0.143. The van der Waals surface area contributed by atoms with Crippen molar-refractivity contribution in [3.63, 3.8) is 0 Å². The lowest BCUT2D eigenvalue weighted by atomic mass is 9.95. The van der Waals surface area contributed by atoms with Crippen molar-refractivity contribution in [1.82, 2.24) is 4.90 Å². The van der Waals surface area contributed by atoms with E-state index in [0.717, 1.165) is 43.1 Å². The maximum absolute atomic E-state index is 6.31. The van der Waals surface area contributed by atoms with Crippen molar-refractivity contribution in [2.24, 2.45) is 11.7 Å². The second-order valence-electron chi connectivity index (χ2n) is 5.35. The number of hydrogen-bond donors (Lipinski definition) is 1. The van der Waals surface area contributed by atoms with Crippen LogP contribution in [0.2, 0.25) is 10.0 Å². The molecule has 0 spiro atoms. The van der Waals surface area contributed by atoms with Gasteiger partial charge >= 0.3 is 0 Å². The van der Waals surface area contributed by atoms with Crippen molar-refractivity contribution in [2.45, 2.75) is 18.9 Å². The van der Waals surface area contributed by atoms with Crippen LogP contribution in [0.4, 0.5) is 0 Å². The third-order valence-electron chi connectivity index (χ3n) is 4.03. The number of likely N-dealkylation sites (tertiary alicyclic amines) is 1. The van der Waals surface area contributed by atoms with Gasteiger partial charge in [-0.1, -0.05) is 23.2 Å². The van der Waals surface area contributed by atoms with Crippen molar-refractivity contribution in [3.8, 4) is 0 Å². The van der Waals surface area contributed by atoms with E-state index in [1.165, 1.54) is 0 Å². The Bertz CT molecular complexity index is 434. The summed E-state index contributed by atoms with van der Waals surface area (Å²) in [6.45, 7) is 3.45. The Kier molecular flexibility index (Phi) is 6.12. The van der Waals surface area contributed by atoms with E-state index in [2.05, 4.69) is 4.90 Å². The molecule has 0 radical (unpaired) electrons. The van der Waals surface area contributed by atoms with Crippen LogP contribution >= 0.6 is 23.2 Å². The van der Waals surface area contributed by atoms with E-state index in [1.807, 2.05) is 18.2 Å². The van der Waals surface area contributed by atoms with E-state index < -0.39 is 0 Å². The standard InChI is InChI=1S/C15H22Cl2N2O/c1-20-10-11-4-6-19(7-5-11)15(9-18)13-8-12(16)2-3-14(13)17/h2-3,8,11,15H,4-7,9-10,18H2,1H3. The molecule has 2 N–H and O–H groups in total. The lowest BCUT2D eigenvalue weighted by molar-refractivity contribution is 0.0811. The maximum Gasteiger partial charge on any atom is 0.0491 e. The number of ether oxygens (including phenoxy) is 1. The fourth-order valence-corrected chi connectivity index (χ4v) is 3.33. The van der Waals surface area contributed by atoms with E-state index in [4.69, 9.17) is 33.7 Å². The summed E-state index contributed by atoms with van der Waals surface area (Å²) in [7, 11) is 1.76. The third-order valence-corrected chi connectivity index (χ3v) is 4.61. The van der Waals surface area contributed by atoms with Crippen LogP contribution in [-0.4, -0.2) is 38.3 Å². The molecule has 0 saturated carbocycles. The first-order valence-corrected chi connectivity index (χ1v) is 7.79. The summed E-state index contributed by atoms with van der Waals surface area (Å²) < 4.78 is 5.24. The largest absolute Gasteiger partial charge is 0.384 e. The zero-order chi connectivity index (χ0) is 14.5. The van der Waals surface area contributed by atoms with Gasteiger partial charge in [0.2, 0.25) is 0 Å². The molecule has 1 aromatic carbocycles. The highest BCUT2D eigenvalue weighted by Gasteiger charge is 2.26. The molecular formula is C15H22Cl2N2O. The van der Waals surface area contributed by atoms with Crippen LogP contribution in [0.25, 0.3) is 0 Å². The maximum atomic E-state index is 6.31. The smallest absolute Gasteiger partial charge is 0.0491 e. The first-order valence-electron chi connectivity index (χ1n) is 7.03. The molecular weight excluding hydrogens is 295 g/mol. The monoisotopic (exact) mass is 316 g/mol. The van der Waals surface area contributed by atoms with Crippen molar-refractivity contribution < 1.29 is 4.74 Å². The van der Waals surface area contributed by atoms with Crippen molar-refractivity contribution in [2.75, 3.05) is 33.4 Å². The highest BCUT2D eigenvalue weighted by molar-refractivity contribution is 6.33. The van der Waals surface area contributed by atoms with Crippen LogP contribution in [0.5, 0.6) is 0 Å². The molecule has 1 aliphatic heterocycles. The van der Waals surface area contributed by atoms with Crippen LogP contribution in [0.1, 0.15) is 24.4 Å². The first kappa shape index (κ1) is 16.1. The number of piperidine rings is 1. The Balaban J connectivity index is 2.07. The fourth-order valence-electron chi connectivity index (χ4n) is 2.91. The molecule has 1 heterocycles. The number of benzene rings is 1. The fraction of sp³-hybridized carbons (Fsp3) is 0.600. The van der Waals surface area contributed by atoms with E-state index in [-0.39, 0.29) is 6.04 Å². The molecule has 2 rings (SSSR count). The molecule has 5 heteroatoms. The predicted molar refractivity (Wildman–Crippen MR) is 84.4 cm³/mol. The van der Waals surface area contributed by atoms with Crippen LogP contribution in [-0.2, 0) is 4.74 Å². The number of halogens is 2. The highest BCUT2D eigenvalue weighted by atomic mass is 35.5. The van der Waals surface area contributed by atoms with Gasteiger partial charge in [-0.15, -0.1) is 0 Å². The SMILES string of the molecule is COCC1CCN(C(CN)c2cc(Cl)ccc2Cl)CC1. The summed E-state index contributed by atoms with van der Waals surface area (Å²) in [5.74, 6) is 0.657. The summed E-state index contributed by atoms with van der Waals surface area (Å²) in [4.78, 5) is 2.41. The highest BCUT2D eigenvalue weighted by Crippen LogP contribution is 2.32. The molecule has 1 saturated heterocycles. The quantitative estimate of drug-likeness (QED) is 0.905. The van der Waals surface area contributed by atoms with Gasteiger partial charge in [0, 0.05) is 36.3 Å². The van der Waals surface area contributed by atoms with Gasteiger partial charge in [0.25, 0.3) is 0 Å². The molecule has 0 bridgehead atoms. The zero-order valence-corrected chi connectivity index (χ0v) is 13.3. The Labute approximate surface area is 131 Å². The molecule has 3 nitrogen and oxygen atoms in total.